The van der Waals surface area contributed by atoms with E-state index < -0.39 is 6.10 Å². The first-order valence-corrected chi connectivity index (χ1v) is 9.16. The van der Waals surface area contributed by atoms with Gasteiger partial charge in [-0.2, -0.15) is 0 Å². The lowest BCUT2D eigenvalue weighted by Crippen LogP contribution is -2.33. The minimum Gasteiger partial charge on any atom is -0.491 e. The molecule has 134 valence electrons. The second-order valence-electron chi connectivity index (χ2n) is 6.70. The molecule has 1 aliphatic rings. The van der Waals surface area contributed by atoms with E-state index in [2.05, 4.69) is 41.4 Å². The van der Waals surface area contributed by atoms with Gasteiger partial charge in [0.15, 0.2) is 0 Å². The quantitative estimate of drug-likeness (QED) is 0.773. The number of rotatable bonds is 8. The Morgan fingerprint density at radius 1 is 1.08 bits per heavy atom. The van der Waals surface area contributed by atoms with Crippen molar-refractivity contribution in [3.05, 3.63) is 60.2 Å². The Bertz CT molecular complexity index is 641. The summed E-state index contributed by atoms with van der Waals surface area (Å²) in [5.41, 5.74) is 2.55. The Labute approximate surface area is 150 Å². The van der Waals surface area contributed by atoms with Gasteiger partial charge in [0.05, 0.1) is 0 Å². The van der Waals surface area contributed by atoms with E-state index >= 15 is 0 Å². The van der Waals surface area contributed by atoms with Crippen molar-refractivity contribution in [2.45, 2.75) is 31.9 Å². The van der Waals surface area contributed by atoms with Crippen LogP contribution in [0.5, 0.6) is 5.75 Å². The van der Waals surface area contributed by atoms with Gasteiger partial charge in [0, 0.05) is 31.4 Å². The van der Waals surface area contributed by atoms with E-state index in [1.165, 1.54) is 24.1 Å². The van der Waals surface area contributed by atoms with E-state index in [0.717, 1.165) is 18.8 Å². The number of hydrogen-bond donors (Lipinski definition) is 2. The summed E-state index contributed by atoms with van der Waals surface area (Å²) >= 11 is 0. The molecule has 0 radical (unpaired) electrons. The van der Waals surface area contributed by atoms with E-state index in [1.54, 1.807) is 0 Å². The van der Waals surface area contributed by atoms with Crippen LogP contribution in [0.1, 0.15) is 31.4 Å². The molecule has 1 fully saturated rings. The molecule has 0 bridgehead atoms. The van der Waals surface area contributed by atoms with E-state index in [1.807, 2.05) is 30.3 Å². The molecule has 0 aliphatic carbocycles. The third-order valence-corrected chi connectivity index (χ3v) is 4.69. The van der Waals surface area contributed by atoms with Crippen molar-refractivity contribution >= 4 is 5.69 Å². The largest absolute Gasteiger partial charge is 0.491 e. The number of ether oxygens (including phenoxy) is 1. The number of para-hydroxylation sites is 1. The van der Waals surface area contributed by atoms with Gasteiger partial charge in [-0.3, -0.25) is 0 Å². The molecule has 0 saturated carbocycles. The van der Waals surface area contributed by atoms with Gasteiger partial charge in [-0.1, -0.05) is 30.3 Å². The average molecular weight is 340 g/mol. The van der Waals surface area contributed by atoms with Crippen LogP contribution in [0.4, 0.5) is 5.69 Å². The van der Waals surface area contributed by atoms with Crippen LogP contribution >= 0.6 is 0 Å². The van der Waals surface area contributed by atoms with Gasteiger partial charge < -0.3 is 20.1 Å². The fourth-order valence-corrected chi connectivity index (χ4v) is 3.16. The van der Waals surface area contributed by atoms with Crippen molar-refractivity contribution in [3.63, 3.8) is 0 Å². The monoisotopic (exact) mass is 340 g/mol. The fraction of sp³-hybridized carbons (Fsp3) is 0.429. The summed E-state index contributed by atoms with van der Waals surface area (Å²) in [6.07, 6.45) is 2.03. The van der Waals surface area contributed by atoms with Gasteiger partial charge in [0.2, 0.25) is 0 Å². The summed E-state index contributed by atoms with van der Waals surface area (Å²) in [5.74, 6) is 0.785. The molecule has 2 atom stereocenters. The molecule has 2 aromatic rings. The molecule has 1 aliphatic heterocycles. The van der Waals surface area contributed by atoms with Gasteiger partial charge in [0.25, 0.3) is 0 Å². The summed E-state index contributed by atoms with van der Waals surface area (Å²) in [6, 6.07) is 18.5. The minimum atomic E-state index is -0.538. The summed E-state index contributed by atoms with van der Waals surface area (Å²) < 4.78 is 5.60. The summed E-state index contributed by atoms with van der Waals surface area (Å²) in [4.78, 5) is 2.44. The van der Waals surface area contributed by atoms with Gasteiger partial charge in [-0.15, -0.1) is 0 Å². The van der Waals surface area contributed by atoms with E-state index in [9.17, 15) is 5.11 Å². The molecule has 1 heterocycles. The standard InChI is InChI=1S/C21H28N2O2/c1-17(18-8-7-9-19(14-18)23-12-5-6-13-23)22-15-20(24)16-25-21-10-3-2-4-11-21/h2-4,7-11,14,17,20,22,24H,5-6,12-13,15-16H2,1H3. The molecule has 0 amide bonds. The molecule has 2 unspecified atom stereocenters. The number of aliphatic hydroxyl groups excluding tert-OH is 1. The molecule has 1 saturated heterocycles. The summed E-state index contributed by atoms with van der Waals surface area (Å²) in [6.45, 7) is 5.23. The topological polar surface area (TPSA) is 44.7 Å². The van der Waals surface area contributed by atoms with Crippen molar-refractivity contribution in [2.75, 3.05) is 31.1 Å². The Balaban J connectivity index is 1.47. The first-order chi connectivity index (χ1) is 12.2. The van der Waals surface area contributed by atoms with Crippen molar-refractivity contribution in [1.29, 1.82) is 0 Å². The van der Waals surface area contributed by atoms with Crippen LogP contribution in [-0.4, -0.2) is 37.5 Å². The molecule has 3 rings (SSSR count). The average Bonchev–Trinajstić information content (AvgIpc) is 3.20. The van der Waals surface area contributed by atoms with E-state index in [4.69, 9.17) is 4.74 Å². The Morgan fingerprint density at radius 2 is 1.84 bits per heavy atom. The van der Waals surface area contributed by atoms with Crippen LogP contribution in [0.2, 0.25) is 0 Å². The van der Waals surface area contributed by atoms with Crippen LogP contribution < -0.4 is 15.0 Å². The predicted octanol–water partition coefficient (Wildman–Crippen LogP) is 3.38. The highest BCUT2D eigenvalue weighted by Crippen LogP contribution is 2.23. The number of nitrogens with zero attached hydrogens (tertiary/aromatic N) is 1. The number of benzene rings is 2. The molecular weight excluding hydrogens is 312 g/mol. The number of nitrogens with one attached hydrogen (secondary N) is 1. The van der Waals surface area contributed by atoms with Gasteiger partial charge in [-0.05, 0) is 49.6 Å². The smallest absolute Gasteiger partial charge is 0.119 e. The second kappa shape index (κ2) is 8.88. The van der Waals surface area contributed by atoms with Crippen molar-refractivity contribution in [3.8, 4) is 5.75 Å². The van der Waals surface area contributed by atoms with Gasteiger partial charge in [0.1, 0.15) is 18.5 Å². The predicted molar refractivity (Wildman–Crippen MR) is 102 cm³/mol. The number of aliphatic hydroxyl groups is 1. The molecule has 0 spiro atoms. The lowest BCUT2D eigenvalue weighted by atomic mass is 10.1. The Hall–Kier alpha value is -2.04. The van der Waals surface area contributed by atoms with Gasteiger partial charge >= 0.3 is 0 Å². The fourth-order valence-electron chi connectivity index (χ4n) is 3.16. The van der Waals surface area contributed by atoms with E-state index in [0.29, 0.717) is 6.54 Å². The highest BCUT2D eigenvalue weighted by Gasteiger charge is 2.14. The highest BCUT2D eigenvalue weighted by atomic mass is 16.5. The Morgan fingerprint density at radius 3 is 2.60 bits per heavy atom. The maximum absolute atomic E-state index is 10.1. The minimum absolute atomic E-state index is 0.189. The van der Waals surface area contributed by atoms with Crippen molar-refractivity contribution < 1.29 is 9.84 Å². The van der Waals surface area contributed by atoms with Gasteiger partial charge in [-0.25, -0.2) is 0 Å². The molecule has 0 aromatic heterocycles. The van der Waals surface area contributed by atoms with Crippen LogP contribution in [-0.2, 0) is 0 Å². The zero-order valence-electron chi connectivity index (χ0n) is 14.9. The maximum atomic E-state index is 10.1. The molecule has 4 heteroatoms. The van der Waals surface area contributed by atoms with Crippen LogP contribution in [0.25, 0.3) is 0 Å². The second-order valence-corrected chi connectivity index (χ2v) is 6.70. The van der Waals surface area contributed by atoms with Crippen LogP contribution in [0.15, 0.2) is 54.6 Å². The maximum Gasteiger partial charge on any atom is 0.119 e. The number of anilines is 1. The van der Waals surface area contributed by atoms with Crippen molar-refractivity contribution in [2.24, 2.45) is 0 Å². The number of hydrogen-bond acceptors (Lipinski definition) is 4. The normalized spacial score (nSPS) is 16.6. The zero-order chi connectivity index (χ0) is 17.5. The van der Waals surface area contributed by atoms with E-state index in [-0.39, 0.29) is 12.6 Å². The zero-order valence-corrected chi connectivity index (χ0v) is 14.9. The first kappa shape index (κ1) is 17.8. The summed E-state index contributed by atoms with van der Waals surface area (Å²) in [7, 11) is 0. The Kier molecular flexibility index (Phi) is 6.31. The first-order valence-electron chi connectivity index (χ1n) is 9.16. The SMILES string of the molecule is CC(NCC(O)COc1ccccc1)c1cccc(N2CCCC2)c1. The third-order valence-electron chi connectivity index (χ3n) is 4.69. The van der Waals surface area contributed by atoms with Crippen LogP contribution in [0, 0.1) is 0 Å². The third kappa shape index (κ3) is 5.21. The lowest BCUT2D eigenvalue weighted by Gasteiger charge is -2.21. The summed E-state index contributed by atoms with van der Waals surface area (Å²) in [5, 5.41) is 13.5. The van der Waals surface area contributed by atoms with Crippen LogP contribution in [0.3, 0.4) is 0 Å². The molecule has 4 nitrogen and oxygen atoms in total. The molecular formula is C21H28N2O2. The molecule has 25 heavy (non-hydrogen) atoms. The lowest BCUT2D eigenvalue weighted by molar-refractivity contribution is 0.104. The molecule has 2 N–H and O–H groups in total. The molecule has 2 aromatic carbocycles. The van der Waals surface area contributed by atoms with Crippen molar-refractivity contribution in [1.82, 2.24) is 5.32 Å². The highest BCUT2D eigenvalue weighted by molar-refractivity contribution is 5.49.